The van der Waals surface area contributed by atoms with Crippen LogP contribution in [-0.4, -0.2) is 5.71 Å². The molecule has 0 fully saturated rings. The zero-order chi connectivity index (χ0) is 8.97. The van der Waals surface area contributed by atoms with Crippen LogP contribution in [0, 0.1) is 11.3 Å². The van der Waals surface area contributed by atoms with E-state index in [2.05, 4.69) is 18.0 Å². The molecule has 0 aromatic carbocycles. The largest absolute Gasteiger partial charge is 0.246 e. The van der Waals surface area contributed by atoms with Gasteiger partial charge in [0.15, 0.2) is 0 Å². The minimum Gasteiger partial charge on any atom is -0.246 e. The van der Waals surface area contributed by atoms with Gasteiger partial charge in [-0.15, -0.1) is 0 Å². The van der Waals surface area contributed by atoms with Gasteiger partial charge in [0.1, 0.15) is 11.8 Å². The maximum Gasteiger partial charge on any atom is 0.140 e. The second-order valence-corrected chi connectivity index (χ2v) is 2.93. The van der Waals surface area contributed by atoms with E-state index in [0.29, 0.717) is 5.71 Å². The van der Waals surface area contributed by atoms with Crippen molar-refractivity contribution in [2.24, 2.45) is 4.99 Å². The van der Waals surface area contributed by atoms with Crippen molar-refractivity contribution in [1.82, 2.24) is 0 Å². The first kappa shape index (κ1) is 8.73. The summed E-state index contributed by atoms with van der Waals surface area (Å²) in [6.07, 6.45) is 5.60. The minimum absolute atomic E-state index is 0.517. The molecule has 0 aromatic rings. The Kier molecular flexibility index (Phi) is 2.82. The van der Waals surface area contributed by atoms with Gasteiger partial charge in [-0.3, -0.25) is 0 Å². The van der Waals surface area contributed by atoms with Crippen molar-refractivity contribution >= 4 is 5.71 Å². The van der Waals surface area contributed by atoms with E-state index >= 15 is 0 Å². The number of nitrogens with zero attached hydrogens (tertiary/aromatic N) is 2. The topological polar surface area (TPSA) is 36.1 Å². The monoisotopic (exact) mass is 160 g/mol. The fourth-order valence-electron chi connectivity index (χ4n) is 1.15. The zero-order valence-corrected chi connectivity index (χ0v) is 7.46. The fraction of sp³-hybridized carbons (Fsp3) is 0.400. The Morgan fingerprint density at radius 1 is 1.67 bits per heavy atom. The summed E-state index contributed by atoms with van der Waals surface area (Å²) in [6.45, 7) is 4.13. The third kappa shape index (κ3) is 2.06. The van der Waals surface area contributed by atoms with Crippen LogP contribution < -0.4 is 0 Å². The van der Waals surface area contributed by atoms with Crippen LogP contribution in [-0.2, 0) is 0 Å². The Balaban J connectivity index is 2.97. The molecule has 1 heterocycles. The van der Waals surface area contributed by atoms with E-state index in [9.17, 15) is 0 Å². The predicted molar refractivity (Wildman–Crippen MR) is 49.8 cm³/mol. The van der Waals surface area contributed by atoms with Crippen LogP contribution in [0.25, 0.3) is 0 Å². The lowest BCUT2D eigenvalue weighted by atomic mass is 10.0. The van der Waals surface area contributed by atoms with Crippen LogP contribution in [0.5, 0.6) is 0 Å². The number of hydrogen-bond acceptors (Lipinski definition) is 2. The summed E-state index contributed by atoms with van der Waals surface area (Å²) in [5.74, 6) is 0. The summed E-state index contributed by atoms with van der Waals surface area (Å²) in [5.41, 5.74) is 3.01. The first-order chi connectivity index (χ1) is 5.76. The number of nitriles is 1. The lowest BCUT2D eigenvalue weighted by Gasteiger charge is -2.00. The Bertz CT molecular complexity index is 300. The van der Waals surface area contributed by atoms with Crippen LogP contribution in [0.3, 0.4) is 0 Å². The molecule has 0 saturated heterocycles. The molecule has 0 bridgehead atoms. The first-order valence-electron chi connectivity index (χ1n) is 4.09. The maximum atomic E-state index is 8.66. The molecule has 0 saturated carbocycles. The van der Waals surface area contributed by atoms with Crippen LogP contribution in [0.4, 0.5) is 0 Å². The van der Waals surface area contributed by atoms with Gasteiger partial charge in [-0.1, -0.05) is 18.1 Å². The molecular weight excluding hydrogens is 148 g/mol. The second kappa shape index (κ2) is 3.87. The number of allylic oxidation sites excluding steroid dienone is 3. The van der Waals surface area contributed by atoms with Crippen molar-refractivity contribution in [3.63, 3.8) is 0 Å². The van der Waals surface area contributed by atoms with Gasteiger partial charge in [0.05, 0.1) is 0 Å². The van der Waals surface area contributed by atoms with E-state index in [-0.39, 0.29) is 0 Å². The van der Waals surface area contributed by atoms with Crippen LogP contribution in [0.2, 0.25) is 0 Å². The highest BCUT2D eigenvalue weighted by molar-refractivity contribution is 6.08. The quantitative estimate of drug-likeness (QED) is 0.580. The van der Waals surface area contributed by atoms with Crippen molar-refractivity contribution in [3.8, 4) is 6.07 Å². The highest BCUT2D eigenvalue weighted by Crippen LogP contribution is 2.16. The standard InChI is InChI=1S/C10H12N2/c1-3-9-4-8(2)7-12-10(5-9)6-11/h5,7H,3-4H2,1-2H3. The molecule has 0 amide bonds. The summed E-state index contributed by atoms with van der Waals surface area (Å²) in [5, 5.41) is 8.66. The van der Waals surface area contributed by atoms with Gasteiger partial charge in [-0.2, -0.15) is 5.26 Å². The molecule has 0 aliphatic carbocycles. The summed E-state index contributed by atoms with van der Waals surface area (Å²) >= 11 is 0. The van der Waals surface area contributed by atoms with Crippen molar-refractivity contribution in [1.29, 1.82) is 5.26 Å². The van der Waals surface area contributed by atoms with Gasteiger partial charge in [0, 0.05) is 6.20 Å². The molecule has 2 heteroatoms. The number of aliphatic imine (C=N–C) groups is 1. The Labute approximate surface area is 72.9 Å². The fourth-order valence-corrected chi connectivity index (χ4v) is 1.15. The maximum absolute atomic E-state index is 8.66. The highest BCUT2D eigenvalue weighted by Gasteiger charge is 2.02. The number of hydrogen-bond donors (Lipinski definition) is 0. The van der Waals surface area contributed by atoms with Crippen molar-refractivity contribution < 1.29 is 0 Å². The summed E-state index contributed by atoms with van der Waals surface area (Å²) in [6, 6.07) is 2.06. The van der Waals surface area contributed by atoms with Gasteiger partial charge in [0.2, 0.25) is 0 Å². The molecule has 0 atom stereocenters. The lowest BCUT2D eigenvalue weighted by molar-refractivity contribution is 0.993. The van der Waals surface area contributed by atoms with Gasteiger partial charge in [0.25, 0.3) is 0 Å². The Morgan fingerprint density at radius 2 is 2.42 bits per heavy atom. The summed E-state index contributed by atoms with van der Waals surface area (Å²) in [4.78, 5) is 4.04. The van der Waals surface area contributed by atoms with Gasteiger partial charge in [-0.25, -0.2) is 4.99 Å². The van der Waals surface area contributed by atoms with Crippen LogP contribution in [0.15, 0.2) is 28.4 Å². The van der Waals surface area contributed by atoms with E-state index in [1.807, 2.05) is 13.0 Å². The van der Waals surface area contributed by atoms with Crippen LogP contribution in [0.1, 0.15) is 26.7 Å². The van der Waals surface area contributed by atoms with E-state index in [1.165, 1.54) is 11.1 Å². The summed E-state index contributed by atoms with van der Waals surface area (Å²) in [7, 11) is 0. The highest BCUT2D eigenvalue weighted by atomic mass is 14.7. The molecule has 62 valence electrons. The number of rotatable bonds is 1. The zero-order valence-electron chi connectivity index (χ0n) is 7.46. The van der Waals surface area contributed by atoms with E-state index in [0.717, 1.165) is 12.8 Å². The molecule has 1 aliphatic heterocycles. The average molecular weight is 160 g/mol. The van der Waals surface area contributed by atoms with E-state index in [4.69, 9.17) is 5.26 Å². The molecular formula is C10H12N2. The van der Waals surface area contributed by atoms with Crippen molar-refractivity contribution in [2.45, 2.75) is 26.7 Å². The minimum atomic E-state index is 0.517. The predicted octanol–water partition coefficient (Wildman–Crippen LogP) is 2.59. The Morgan fingerprint density at radius 3 is 3.00 bits per heavy atom. The summed E-state index contributed by atoms with van der Waals surface area (Å²) < 4.78 is 0. The molecule has 12 heavy (non-hydrogen) atoms. The molecule has 0 unspecified atom stereocenters. The molecule has 2 nitrogen and oxygen atoms in total. The Hall–Kier alpha value is -1.36. The van der Waals surface area contributed by atoms with Crippen molar-refractivity contribution in [2.75, 3.05) is 0 Å². The molecule has 0 spiro atoms. The molecule has 1 aliphatic rings. The molecule has 1 rings (SSSR count). The lowest BCUT2D eigenvalue weighted by Crippen LogP contribution is -1.88. The molecule has 0 aromatic heterocycles. The molecule has 0 N–H and O–H groups in total. The third-order valence-corrected chi connectivity index (χ3v) is 1.84. The normalized spacial score (nSPS) is 16.9. The van der Waals surface area contributed by atoms with Gasteiger partial charge >= 0.3 is 0 Å². The van der Waals surface area contributed by atoms with Gasteiger partial charge in [-0.05, 0) is 25.8 Å². The average Bonchev–Trinajstić information content (AvgIpc) is 2.26. The van der Waals surface area contributed by atoms with E-state index in [1.54, 1.807) is 6.20 Å². The molecule has 0 radical (unpaired) electrons. The van der Waals surface area contributed by atoms with Gasteiger partial charge < -0.3 is 0 Å². The van der Waals surface area contributed by atoms with Crippen LogP contribution >= 0.6 is 0 Å². The van der Waals surface area contributed by atoms with E-state index < -0.39 is 0 Å². The second-order valence-electron chi connectivity index (χ2n) is 2.93. The smallest absolute Gasteiger partial charge is 0.140 e. The third-order valence-electron chi connectivity index (χ3n) is 1.84. The van der Waals surface area contributed by atoms with Crippen molar-refractivity contribution in [3.05, 3.63) is 23.4 Å². The SMILES string of the molecule is CCC1=CC(C#N)=NC=C(C)C1. The first-order valence-corrected chi connectivity index (χ1v) is 4.09.